The summed E-state index contributed by atoms with van der Waals surface area (Å²) >= 11 is 0. The average molecular weight is 487 g/mol. The molecule has 0 aliphatic carbocycles. The number of para-hydroxylation sites is 1. The number of aromatic nitrogens is 2. The van der Waals surface area contributed by atoms with E-state index < -0.39 is 5.91 Å². The summed E-state index contributed by atoms with van der Waals surface area (Å²) in [5, 5.41) is 8.93. The summed E-state index contributed by atoms with van der Waals surface area (Å²) in [4.78, 5) is 12.8. The molecule has 0 saturated heterocycles. The van der Waals surface area contributed by atoms with Gasteiger partial charge in [0.1, 0.15) is 11.4 Å². The van der Waals surface area contributed by atoms with Crippen LogP contribution in [0.2, 0.25) is 0 Å². The largest absolute Gasteiger partial charge is 0.497 e. The molecule has 1 aromatic heterocycles. The van der Waals surface area contributed by atoms with Crippen molar-refractivity contribution in [3.63, 3.8) is 0 Å². The van der Waals surface area contributed by atoms with E-state index in [0.29, 0.717) is 34.1 Å². The van der Waals surface area contributed by atoms with Crippen molar-refractivity contribution in [2.45, 2.75) is 0 Å². The molecule has 0 atom stereocenters. The minimum Gasteiger partial charge on any atom is -0.497 e. The fraction of sp³-hybridized carbons (Fsp3) is 0.148. The van der Waals surface area contributed by atoms with Crippen LogP contribution in [-0.4, -0.2) is 50.3 Å². The first-order chi connectivity index (χ1) is 17.6. The van der Waals surface area contributed by atoms with Crippen LogP contribution >= 0.6 is 0 Å². The second-order valence-corrected chi connectivity index (χ2v) is 7.55. The molecule has 0 saturated carbocycles. The van der Waals surface area contributed by atoms with Gasteiger partial charge in [0.05, 0.1) is 40.3 Å². The van der Waals surface area contributed by atoms with E-state index in [-0.39, 0.29) is 0 Å². The number of benzene rings is 3. The Bertz CT molecular complexity index is 1340. The second kappa shape index (κ2) is 11.1. The Hall–Kier alpha value is -4.79. The molecule has 0 unspecified atom stereocenters. The highest BCUT2D eigenvalue weighted by Crippen LogP contribution is 2.38. The van der Waals surface area contributed by atoms with Crippen LogP contribution in [0.15, 0.2) is 78.0 Å². The Balaban J connectivity index is 1.63. The van der Waals surface area contributed by atoms with E-state index >= 15 is 0 Å². The second-order valence-electron chi connectivity index (χ2n) is 7.55. The van der Waals surface area contributed by atoms with E-state index in [2.05, 4.69) is 10.5 Å². The summed E-state index contributed by atoms with van der Waals surface area (Å²) in [7, 11) is 6.10. The van der Waals surface area contributed by atoms with Crippen LogP contribution in [0, 0.1) is 0 Å². The zero-order chi connectivity index (χ0) is 25.5. The number of methoxy groups -OCH3 is 4. The molecule has 184 valence electrons. The maximum Gasteiger partial charge on any atom is 0.271 e. The lowest BCUT2D eigenvalue weighted by Gasteiger charge is -2.13. The highest BCUT2D eigenvalue weighted by molar-refractivity contribution is 5.97. The van der Waals surface area contributed by atoms with Gasteiger partial charge < -0.3 is 18.9 Å². The number of hydrogen-bond donors (Lipinski definition) is 1. The topological polar surface area (TPSA) is 96.2 Å². The van der Waals surface area contributed by atoms with Gasteiger partial charge in [-0.15, -0.1) is 0 Å². The summed E-state index contributed by atoms with van der Waals surface area (Å²) in [5.41, 5.74) is 6.05. The number of carbonyl (C=O) groups excluding carboxylic acids is 1. The van der Waals surface area contributed by atoms with Crippen LogP contribution in [0.3, 0.4) is 0 Å². The Kier molecular flexibility index (Phi) is 7.50. The Morgan fingerprint density at radius 1 is 0.889 bits per heavy atom. The number of amides is 1. The van der Waals surface area contributed by atoms with Gasteiger partial charge in [-0.25, -0.2) is 10.1 Å². The summed E-state index contributed by atoms with van der Waals surface area (Å²) < 4.78 is 23.0. The van der Waals surface area contributed by atoms with E-state index in [1.165, 1.54) is 21.3 Å². The van der Waals surface area contributed by atoms with Gasteiger partial charge in [-0.05, 0) is 48.5 Å². The van der Waals surface area contributed by atoms with Crippen molar-refractivity contribution in [1.82, 2.24) is 15.2 Å². The third-order valence-corrected chi connectivity index (χ3v) is 5.42. The molecule has 9 nitrogen and oxygen atoms in total. The summed E-state index contributed by atoms with van der Waals surface area (Å²) in [6, 6.07) is 20.4. The van der Waals surface area contributed by atoms with Gasteiger partial charge in [-0.3, -0.25) is 4.79 Å². The fourth-order valence-corrected chi connectivity index (χ4v) is 3.61. The molecule has 3 aromatic carbocycles. The zero-order valence-corrected chi connectivity index (χ0v) is 20.4. The SMILES string of the molecule is COc1ccc(-c2nn(-c3ccccc3)cc2/C=N\NC(=O)c2cc(OC)c(OC)c(OC)c2)cc1. The molecule has 0 bridgehead atoms. The molecular weight excluding hydrogens is 460 g/mol. The van der Waals surface area contributed by atoms with Crippen LogP contribution < -0.4 is 24.4 Å². The molecule has 0 aliphatic heterocycles. The van der Waals surface area contributed by atoms with Crippen LogP contribution in [0.1, 0.15) is 15.9 Å². The molecule has 0 fully saturated rings. The van der Waals surface area contributed by atoms with Crippen molar-refractivity contribution in [3.05, 3.63) is 84.1 Å². The molecule has 0 radical (unpaired) electrons. The Labute approximate surface area is 208 Å². The first-order valence-corrected chi connectivity index (χ1v) is 11.0. The number of nitrogens with one attached hydrogen (secondary N) is 1. The molecule has 0 spiro atoms. The van der Waals surface area contributed by atoms with Crippen LogP contribution in [0.5, 0.6) is 23.0 Å². The zero-order valence-electron chi connectivity index (χ0n) is 20.4. The van der Waals surface area contributed by atoms with Crippen molar-refractivity contribution in [1.29, 1.82) is 0 Å². The molecule has 4 aromatic rings. The summed E-state index contributed by atoms with van der Waals surface area (Å²) in [6.07, 6.45) is 3.41. The van der Waals surface area contributed by atoms with Crippen LogP contribution in [0.25, 0.3) is 16.9 Å². The van der Waals surface area contributed by atoms with Gasteiger partial charge in [-0.2, -0.15) is 10.2 Å². The van der Waals surface area contributed by atoms with E-state index in [9.17, 15) is 4.79 Å². The number of hydrogen-bond acceptors (Lipinski definition) is 7. The standard InChI is InChI=1S/C27H26N4O5/c1-33-22-12-10-18(11-13-22)25-20(17-31(30-25)21-8-6-5-7-9-21)16-28-29-27(32)19-14-23(34-2)26(36-4)24(15-19)35-3/h5-17H,1-4H3,(H,29,32)/b28-16-. The van der Waals surface area contributed by atoms with Crippen molar-refractivity contribution in [2.24, 2.45) is 5.10 Å². The van der Waals surface area contributed by atoms with E-state index in [0.717, 1.165) is 17.0 Å². The van der Waals surface area contributed by atoms with Crippen molar-refractivity contribution >= 4 is 12.1 Å². The molecule has 4 rings (SSSR count). The Morgan fingerprint density at radius 3 is 2.14 bits per heavy atom. The average Bonchev–Trinajstić information content (AvgIpc) is 3.36. The lowest BCUT2D eigenvalue weighted by atomic mass is 10.1. The number of hydrazone groups is 1. The molecule has 1 N–H and O–H groups in total. The molecule has 9 heteroatoms. The van der Waals surface area contributed by atoms with Crippen LogP contribution in [-0.2, 0) is 0 Å². The van der Waals surface area contributed by atoms with Gasteiger partial charge >= 0.3 is 0 Å². The number of nitrogens with zero attached hydrogens (tertiary/aromatic N) is 3. The van der Waals surface area contributed by atoms with Gasteiger partial charge in [-0.1, -0.05) is 18.2 Å². The van der Waals surface area contributed by atoms with Gasteiger partial charge in [0.25, 0.3) is 5.91 Å². The van der Waals surface area contributed by atoms with Crippen molar-refractivity contribution in [2.75, 3.05) is 28.4 Å². The predicted molar refractivity (Wildman–Crippen MR) is 137 cm³/mol. The summed E-state index contributed by atoms with van der Waals surface area (Å²) in [6.45, 7) is 0. The molecular formula is C27H26N4O5. The third-order valence-electron chi connectivity index (χ3n) is 5.42. The quantitative estimate of drug-likeness (QED) is 0.279. The highest BCUT2D eigenvalue weighted by Gasteiger charge is 2.17. The normalized spacial score (nSPS) is 10.8. The molecule has 1 amide bonds. The van der Waals surface area contributed by atoms with E-state index in [4.69, 9.17) is 24.0 Å². The Morgan fingerprint density at radius 2 is 1.56 bits per heavy atom. The maximum atomic E-state index is 12.8. The van der Waals surface area contributed by atoms with Crippen molar-refractivity contribution in [3.8, 4) is 39.9 Å². The van der Waals surface area contributed by atoms with E-state index in [1.807, 2.05) is 60.8 Å². The summed E-state index contributed by atoms with van der Waals surface area (Å²) in [5.74, 6) is 1.45. The third kappa shape index (κ3) is 5.15. The fourth-order valence-electron chi connectivity index (χ4n) is 3.61. The number of ether oxygens (including phenoxy) is 4. The first kappa shape index (κ1) is 24.3. The lowest BCUT2D eigenvalue weighted by molar-refractivity contribution is 0.0954. The highest BCUT2D eigenvalue weighted by atomic mass is 16.5. The minimum atomic E-state index is -0.438. The van der Waals surface area contributed by atoms with Crippen LogP contribution in [0.4, 0.5) is 0 Å². The number of carbonyl (C=O) groups is 1. The molecule has 1 heterocycles. The minimum absolute atomic E-state index is 0.303. The number of rotatable bonds is 9. The maximum absolute atomic E-state index is 12.8. The molecule has 0 aliphatic rings. The van der Waals surface area contributed by atoms with Gasteiger partial charge in [0.15, 0.2) is 11.5 Å². The lowest BCUT2D eigenvalue weighted by Crippen LogP contribution is -2.18. The first-order valence-electron chi connectivity index (χ1n) is 11.0. The van der Waals surface area contributed by atoms with Crippen molar-refractivity contribution < 1.29 is 23.7 Å². The van der Waals surface area contributed by atoms with Gasteiger partial charge in [0, 0.05) is 22.9 Å². The van der Waals surface area contributed by atoms with Gasteiger partial charge in [0.2, 0.25) is 5.75 Å². The molecule has 36 heavy (non-hydrogen) atoms. The van der Waals surface area contributed by atoms with E-state index in [1.54, 1.807) is 30.1 Å². The smallest absolute Gasteiger partial charge is 0.271 e. The predicted octanol–water partition coefficient (Wildman–Crippen LogP) is 4.34. The monoisotopic (exact) mass is 486 g/mol.